The summed E-state index contributed by atoms with van der Waals surface area (Å²) in [6.45, 7) is 2.35. The van der Waals surface area contributed by atoms with Crippen molar-refractivity contribution in [1.29, 1.82) is 0 Å². The number of halogens is 1. The molecular weight excluding hydrogens is 397 g/mol. The molecule has 7 nitrogen and oxygen atoms in total. The van der Waals surface area contributed by atoms with Gasteiger partial charge < -0.3 is 20.1 Å². The van der Waals surface area contributed by atoms with E-state index in [1.165, 1.54) is 6.07 Å². The summed E-state index contributed by atoms with van der Waals surface area (Å²) >= 11 is 0. The Morgan fingerprint density at radius 3 is 2.81 bits per heavy atom. The summed E-state index contributed by atoms with van der Waals surface area (Å²) in [6, 6.07) is 14.3. The van der Waals surface area contributed by atoms with Crippen LogP contribution >= 0.6 is 0 Å². The van der Waals surface area contributed by atoms with Crippen molar-refractivity contribution in [2.75, 3.05) is 25.1 Å². The molecule has 0 radical (unpaired) electrons. The van der Waals surface area contributed by atoms with Crippen molar-refractivity contribution in [1.82, 2.24) is 15.1 Å². The normalized spacial score (nSPS) is 13.5. The highest BCUT2D eigenvalue weighted by Gasteiger charge is 2.11. The van der Waals surface area contributed by atoms with Crippen molar-refractivity contribution in [2.24, 2.45) is 12.0 Å². The molecule has 0 amide bonds. The van der Waals surface area contributed by atoms with Crippen molar-refractivity contribution >= 4 is 11.6 Å². The molecule has 0 saturated heterocycles. The largest absolute Gasteiger partial charge is 0.490 e. The zero-order valence-electron chi connectivity index (χ0n) is 17.5. The molecule has 8 heteroatoms. The van der Waals surface area contributed by atoms with Crippen molar-refractivity contribution in [2.45, 2.75) is 19.4 Å². The number of hydrogen-bond acceptors (Lipinski definition) is 4. The number of aromatic nitrogens is 2. The van der Waals surface area contributed by atoms with Crippen molar-refractivity contribution in [3.63, 3.8) is 0 Å². The minimum absolute atomic E-state index is 0.229. The molecule has 4 rings (SSSR count). The van der Waals surface area contributed by atoms with Gasteiger partial charge in [0.2, 0.25) is 0 Å². The minimum atomic E-state index is -0.229. The molecule has 2 heterocycles. The molecule has 162 valence electrons. The van der Waals surface area contributed by atoms with Gasteiger partial charge in [-0.15, -0.1) is 0 Å². The Kier molecular flexibility index (Phi) is 6.66. The Hall–Kier alpha value is -3.55. The average Bonchev–Trinajstić information content (AvgIpc) is 3.03. The molecule has 2 N–H and O–H groups in total. The number of aryl methyl sites for hydroxylation is 1. The second kappa shape index (κ2) is 9.97. The van der Waals surface area contributed by atoms with Crippen LogP contribution in [0.2, 0.25) is 0 Å². The van der Waals surface area contributed by atoms with Crippen LogP contribution in [0.25, 0.3) is 0 Å². The second-order valence-electron chi connectivity index (χ2n) is 7.25. The van der Waals surface area contributed by atoms with Crippen LogP contribution in [0.4, 0.5) is 10.1 Å². The summed E-state index contributed by atoms with van der Waals surface area (Å²) in [4.78, 5) is 4.69. The first-order chi connectivity index (χ1) is 15.2. The summed E-state index contributed by atoms with van der Waals surface area (Å²) in [5, 5.41) is 10.8. The lowest BCUT2D eigenvalue weighted by atomic mass is 10.1. The number of anilines is 1. The van der Waals surface area contributed by atoms with Gasteiger partial charge in [-0.25, -0.2) is 9.38 Å². The molecule has 1 aromatic heterocycles. The topological polar surface area (TPSA) is 72.7 Å². The third kappa shape index (κ3) is 5.75. The summed E-state index contributed by atoms with van der Waals surface area (Å²) in [5.41, 5.74) is 2.75. The van der Waals surface area contributed by atoms with E-state index in [9.17, 15) is 4.39 Å². The van der Waals surface area contributed by atoms with Gasteiger partial charge in [0.05, 0.1) is 25.5 Å². The smallest absolute Gasteiger partial charge is 0.196 e. The van der Waals surface area contributed by atoms with Crippen LogP contribution in [-0.4, -0.2) is 35.5 Å². The Morgan fingerprint density at radius 2 is 2.00 bits per heavy atom. The van der Waals surface area contributed by atoms with Gasteiger partial charge in [0, 0.05) is 38.0 Å². The summed E-state index contributed by atoms with van der Waals surface area (Å²) in [6.07, 6.45) is 3.28. The second-order valence-corrected chi connectivity index (χ2v) is 7.25. The number of nitrogens with one attached hydrogen (secondary N) is 2. The highest BCUT2D eigenvalue weighted by molar-refractivity contribution is 5.94. The Balaban J connectivity index is 1.46. The zero-order valence-corrected chi connectivity index (χ0v) is 17.5. The molecular formula is C23H26FN5O2. The predicted octanol–water partition coefficient (Wildman–Crippen LogP) is 3.52. The standard InChI is InChI=1S/C23H26FN5O2/c1-29-20(9-11-27-29)16-26-23(25-10-8-17-4-2-5-18(24)14-17)28-19-6-7-21-22(15-19)31-13-3-12-30-21/h2,4-7,9,11,14-15H,3,8,10,12-13,16H2,1H3,(H2,25,26,28). The van der Waals surface area contributed by atoms with Crippen LogP contribution in [-0.2, 0) is 20.0 Å². The first-order valence-electron chi connectivity index (χ1n) is 10.3. The third-order valence-electron chi connectivity index (χ3n) is 4.93. The molecule has 0 aliphatic carbocycles. The number of nitrogens with zero attached hydrogens (tertiary/aromatic N) is 3. The lowest BCUT2D eigenvalue weighted by molar-refractivity contribution is 0.297. The van der Waals surface area contributed by atoms with Gasteiger partial charge in [0.15, 0.2) is 17.5 Å². The van der Waals surface area contributed by atoms with Gasteiger partial charge in [0.25, 0.3) is 0 Å². The van der Waals surface area contributed by atoms with E-state index < -0.39 is 0 Å². The maximum atomic E-state index is 13.4. The van der Waals surface area contributed by atoms with E-state index in [0.29, 0.717) is 44.4 Å². The number of fused-ring (bicyclic) bond motifs is 1. The van der Waals surface area contributed by atoms with E-state index in [1.807, 2.05) is 37.4 Å². The highest BCUT2D eigenvalue weighted by Crippen LogP contribution is 2.32. The van der Waals surface area contributed by atoms with Crippen LogP contribution in [0.5, 0.6) is 11.5 Å². The van der Waals surface area contributed by atoms with Crippen LogP contribution in [0.1, 0.15) is 17.7 Å². The maximum Gasteiger partial charge on any atom is 0.196 e. The van der Waals surface area contributed by atoms with Crippen LogP contribution in [0, 0.1) is 5.82 Å². The number of hydrogen-bond donors (Lipinski definition) is 2. The number of guanidine groups is 1. The molecule has 2 aromatic carbocycles. The number of ether oxygens (including phenoxy) is 2. The summed E-state index contributed by atoms with van der Waals surface area (Å²) in [5.74, 6) is 1.85. The SMILES string of the molecule is Cn1nccc1CN=C(NCCc1cccc(F)c1)Nc1ccc2c(c1)OCCCO2. The van der Waals surface area contributed by atoms with Gasteiger partial charge in [-0.2, -0.15) is 5.10 Å². The fraction of sp³-hybridized carbons (Fsp3) is 0.304. The molecule has 0 bridgehead atoms. The minimum Gasteiger partial charge on any atom is -0.490 e. The Morgan fingerprint density at radius 1 is 1.13 bits per heavy atom. The number of benzene rings is 2. The van der Waals surface area contributed by atoms with Gasteiger partial charge in [-0.1, -0.05) is 12.1 Å². The zero-order chi connectivity index (χ0) is 21.5. The third-order valence-corrected chi connectivity index (χ3v) is 4.93. The molecule has 1 aliphatic heterocycles. The average molecular weight is 423 g/mol. The fourth-order valence-corrected chi connectivity index (χ4v) is 3.25. The first-order valence-corrected chi connectivity index (χ1v) is 10.3. The molecule has 0 saturated carbocycles. The Labute approximate surface area is 180 Å². The summed E-state index contributed by atoms with van der Waals surface area (Å²) < 4.78 is 26.7. The molecule has 31 heavy (non-hydrogen) atoms. The van der Waals surface area contributed by atoms with E-state index in [1.54, 1.807) is 23.0 Å². The number of aliphatic imine (C=N–C) groups is 1. The van der Waals surface area contributed by atoms with E-state index in [-0.39, 0.29) is 5.82 Å². The van der Waals surface area contributed by atoms with E-state index >= 15 is 0 Å². The molecule has 3 aromatic rings. The monoisotopic (exact) mass is 423 g/mol. The predicted molar refractivity (Wildman–Crippen MR) is 118 cm³/mol. The van der Waals surface area contributed by atoms with Crippen LogP contribution in [0.3, 0.4) is 0 Å². The van der Waals surface area contributed by atoms with Gasteiger partial charge >= 0.3 is 0 Å². The van der Waals surface area contributed by atoms with Crippen LogP contribution in [0.15, 0.2) is 59.7 Å². The van der Waals surface area contributed by atoms with Crippen molar-refractivity contribution in [3.8, 4) is 11.5 Å². The van der Waals surface area contributed by atoms with E-state index in [0.717, 1.165) is 29.1 Å². The first kappa shape index (κ1) is 20.7. The maximum absolute atomic E-state index is 13.4. The van der Waals surface area contributed by atoms with Gasteiger partial charge in [-0.3, -0.25) is 4.68 Å². The quantitative estimate of drug-likeness (QED) is 0.469. The van der Waals surface area contributed by atoms with E-state index in [4.69, 9.17) is 9.47 Å². The van der Waals surface area contributed by atoms with Crippen molar-refractivity contribution < 1.29 is 13.9 Å². The summed E-state index contributed by atoms with van der Waals surface area (Å²) in [7, 11) is 1.89. The molecule has 1 aliphatic rings. The number of rotatable bonds is 6. The molecule has 0 atom stereocenters. The molecule has 0 fully saturated rings. The van der Waals surface area contributed by atoms with Crippen molar-refractivity contribution in [3.05, 3.63) is 71.8 Å². The highest BCUT2D eigenvalue weighted by atomic mass is 19.1. The fourth-order valence-electron chi connectivity index (χ4n) is 3.25. The lowest BCUT2D eigenvalue weighted by Crippen LogP contribution is -2.32. The van der Waals surface area contributed by atoms with Crippen LogP contribution < -0.4 is 20.1 Å². The Bertz CT molecular complexity index is 1050. The lowest BCUT2D eigenvalue weighted by Gasteiger charge is -2.15. The molecule has 0 unspecified atom stereocenters. The van der Waals surface area contributed by atoms with E-state index in [2.05, 4.69) is 20.7 Å². The van der Waals surface area contributed by atoms with Gasteiger partial charge in [0.1, 0.15) is 5.82 Å². The van der Waals surface area contributed by atoms with Gasteiger partial charge in [-0.05, 0) is 42.3 Å². The molecule has 0 spiro atoms.